The van der Waals surface area contributed by atoms with Gasteiger partial charge in [0.15, 0.2) is 0 Å². The maximum absolute atomic E-state index is 11.8. The molecule has 3 rings (SSSR count). The van der Waals surface area contributed by atoms with Crippen molar-refractivity contribution >= 4 is 22.6 Å². The van der Waals surface area contributed by atoms with Gasteiger partial charge in [0.05, 0.1) is 5.69 Å². The molecule has 0 N–H and O–H groups in total. The Morgan fingerprint density at radius 1 is 1.42 bits per heavy atom. The lowest BCUT2D eigenvalue weighted by atomic mass is 9.98. The molecule has 1 aliphatic heterocycles. The van der Waals surface area contributed by atoms with E-state index in [0.717, 1.165) is 37.9 Å². The average molecular weight is 278 g/mol. The van der Waals surface area contributed by atoms with Gasteiger partial charge in [-0.05, 0) is 25.9 Å². The van der Waals surface area contributed by atoms with Crippen LogP contribution in [0.4, 0.5) is 0 Å². The van der Waals surface area contributed by atoms with Crippen molar-refractivity contribution in [3.8, 4) is 0 Å². The number of likely N-dealkylation sites (tertiary alicyclic amines) is 1. The highest BCUT2D eigenvalue weighted by atomic mass is 32.1. The molecule has 6 nitrogen and oxygen atoms in total. The fourth-order valence-electron chi connectivity index (χ4n) is 2.36. The molecule has 1 aliphatic rings. The predicted molar refractivity (Wildman–Crippen MR) is 71.2 cm³/mol. The van der Waals surface area contributed by atoms with Crippen molar-refractivity contribution in [2.75, 3.05) is 13.1 Å². The van der Waals surface area contributed by atoms with E-state index >= 15 is 0 Å². The summed E-state index contributed by atoms with van der Waals surface area (Å²) in [5, 5.41) is 3.93. The van der Waals surface area contributed by atoms with E-state index in [1.807, 2.05) is 0 Å². The fraction of sp³-hybridized carbons (Fsp3) is 0.500. The van der Waals surface area contributed by atoms with Crippen molar-refractivity contribution in [2.24, 2.45) is 5.92 Å². The van der Waals surface area contributed by atoms with Gasteiger partial charge in [0, 0.05) is 18.5 Å². The number of fused-ring (bicyclic) bond motifs is 1. The molecule has 0 atom stereocenters. The Bertz CT molecular complexity index is 642. The molecule has 0 aromatic carbocycles. The molecule has 1 saturated heterocycles. The standard InChI is InChI=1S/C12H14N4O2S/c17-7-9-1-3-15(4-2-9)6-10-5-11(18)16-12(14-10)19-8-13-16/h5,7-9H,1-4,6H2. The van der Waals surface area contributed by atoms with Crippen LogP contribution in [0.5, 0.6) is 0 Å². The van der Waals surface area contributed by atoms with Crippen LogP contribution in [0.1, 0.15) is 18.5 Å². The largest absolute Gasteiger partial charge is 0.303 e. The number of rotatable bonds is 3. The molecule has 0 amide bonds. The fourth-order valence-corrected chi connectivity index (χ4v) is 3.00. The number of carbonyl (C=O) groups is 1. The number of piperidine rings is 1. The van der Waals surface area contributed by atoms with Crippen LogP contribution in [0.15, 0.2) is 16.4 Å². The van der Waals surface area contributed by atoms with E-state index in [4.69, 9.17) is 0 Å². The second kappa shape index (κ2) is 5.18. The SMILES string of the molecule is O=CC1CCN(Cc2cc(=O)n3ncsc3n2)CC1. The second-order valence-electron chi connectivity index (χ2n) is 4.77. The average Bonchev–Trinajstić information content (AvgIpc) is 2.88. The number of aromatic nitrogens is 3. The van der Waals surface area contributed by atoms with E-state index in [1.54, 1.807) is 11.6 Å². The van der Waals surface area contributed by atoms with Gasteiger partial charge in [-0.2, -0.15) is 9.61 Å². The van der Waals surface area contributed by atoms with Gasteiger partial charge in [-0.25, -0.2) is 4.98 Å². The van der Waals surface area contributed by atoms with E-state index < -0.39 is 0 Å². The Labute approximate surface area is 113 Å². The summed E-state index contributed by atoms with van der Waals surface area (Å²) in [6.45, 7) is 2.43. The van der Waals surface area contributed by atoms with Crippen LogP contribution in [-0.4, -0.2) is 38.9 Å². The summed E-state index contributed by atoms with van der Waals surface area (Å²) in [6, 6.07) is 1.54. The molecule has 0 radical (unpaired) electrons. The highest BCUT2D eigenvalue weighted by Gasteiger charge is 2.19. The Morgan fingerprint density at radius 2 is 2.21 bits per heavy atom. The monoisotopic (exact) mass is 278 g/mol. The van der Waals surface area contributed by atoms with Crippen LogP contribution in [0.2, 0.25) is 0 Å². The van der Waals surface area contributed by atoms with Crippen molar-refractivity contribution in [3.63, 3.8) is 0 Å². The Hall–Kier alpha value is -1.60. The molecule has 0 spiro atoms. The lowest BCUT2D eigenvalue weighted by Gasteiger charge is -2.29. The molecule has 0 saturated carbocycles. The predicted octanol–water partition coefficient (Wildman–Crippen LogP) is 0.562. The normalized spacial score (nSPS) is 17.9. The topological polar surface area (TPSA) is 67.6 Å². The summed E-state index contributed by atoms with van der Waals surface area (Å²) >= 11 is 1.36. The number of nitrogens with zero attached hydrogens (tertiary/aromatic N) is 4. The number of hydrogen-bond acceptors (Lipinski definition) is 6. The van der Waals surface area contributed by atoms with Gasteiger partial charge < -0.3 is 4.79 Å². The van der Waals surface area contributed by atoms with Gasteiger partial charge in [0.2, 0.25) is 4.96 Å². The van der Waals surface area contributed by atoms with Crippen molar-refractivity contribution in [3.05, 3.63) is 27.6 Å². The van der Waals surface area contributed by atoms with Crippen molar-refractivity contribution in [2.45, 2.75) is 19.4 Å². The van der Waals surface area contributed by atoms with E-state index in [1.165, 1.54) is 15.9 Å². The third-order valence-electron chi connectivity index (χ3n) is 3.45. The van der Waals surface area contributed by atoms with E-state index in [-0.39, 0.29) is 11.5 Å². The minimum atomic E-state index is -0.135. The lowest BCUT2D eigenvalue weighted by molar-refractivity contribution is -0.112. The van der Waals surface area contributed by atoms with E-state index in [0.29, 0.717) is 11.5 Å². The third kappa shape index (κ3) is 2.57. The molecule has 100 valence electrons. The van der Waals surface area contributed by atoms with Crippen molar-refractivity contribution in [1.82, 2.24) is 19.5 Å². The van der Waals surface area contributed by atoms with E-state index in [2.05, 4.69) is 15.0 Å². The van der Waals surface area contributed by atoms with Crippen LogP contribution >= 0.6 is 11.3 Å². The first kappa shape index (κ1) is 12.4. The van der Waals surface area contributed by atoms with Crippen LogP contribution in [0, 0.1) is 5.92 Å². The minimum Gasteiger partial charge on any atom is -0.303 e. The molecular formula is C12H14N4O2S. The summed E-state index contributed by atoms with van der Waals surface area (Å²) in [5.74, 6) is 0.193. The maximum Gasteiger partial charge on any atom is 0.275 e. The lowest BCUT2D eigenvalue weighted by Crippen LogP contribution is -2.34. The van der Waals surface area contributed by atoms with Crippen LogP contribution in [-0.2, 0) is 11.3 Å². The Morgan fingerprint density at radius 3 is 2.95 bits per heavy atom. The molecule has 19 heavy (non-hydrogen) atoms. The van der Waals surface area contributed by atoms with Crippen molar-refractivity contribution in [1.29, 1.82) is 0 Å². The summed E-state index contributed by atoms with van der Waals surface area (Å²) in [5.41, 5.74) is 2.26. The first-order valence-electron chi connectivity index (χ1n) is 6.26. The van der Waals surface area contributed by atoms with Gasteiger partial charge in [-0.1, -0.05) is 11.3 Å². The van der Waals surface area contributed by atoms with Gasteiger partial charge >= 0.3 is 0 Å². The first-order chi connectivity index (χ1) is 9.26. The Kier molecular flexibility index (Phi) is 3.39. The molecule has 2 aromatic rings. The highest BCUT2D eigenvalue weighted by molar-refractivity contribution is 7.14. The summed E-state index contributed by atoms with van der Waals surface area (Å²) in [7, 11) is 0. The zero-order valence-electron chi connectivity index (χ0n) is 10.4. The Balaban J connectivity index is 1.75. The molecule has 3 heterocycles. The van der Waals surface area contributed by atoms with Crippen LogP contribution in [0.3, 0.4) is 0 Å². The minimum absolute atomic E-state index is 0.135. The summed E-state index contributed by atoms with van der Waals surface area (Å²) < 4.78 is 1.31. The van der Waals surface area contributed by atoms with Crippen LogP contribution in [0.25, 0.3) is 4.96 Å². The second-order valence-corrected chi connectivity index (χ2v) is 5.58. The van der Waals surface area contributed by atoms with Gasteiger partial charge in [-0.3, -0.25) is 9.69 Å². The number of aldehydes is 1. The third-order valence-corrected chi connectivity index (χ3v) is 4.13. The first-order valence-corrected chi connectivity index (χ1v) is 7.14. The molecule has 2 aromatic heterocycles. The zero-order valence-corrected chi connectivity index (χ0v) is 11.2. The van der Waals surface area contributed by atoms with Gasteiger partial charge in [-0.15, -0.1) is 0 Å². The molecule has 0 bridgehead atoms. The van der Waals surface area contributed by atoms with Crippen molar-refractivity contribution < 1.29 is 4.79 Å². The quantitative estimate of drug-likeness (QED) is 0.768. The molecule has 1 fully saturated rings. The number of carbonyl (C=O) groups excluding carboxylic acids is 1. The molecule has 7 heteroatoms. The summed E-state index contributed by atoms with van der Waals surface area (Å²) in [4.78, 5) is 29.8. The van der Waals surface area contributed by atoms with Gasteiger partial charge in [0.1, 0.15) is 11.8 Å². The summed E-state index contributed by atoms with van der Waals surface area (Å²) in [6.07, 6.45) is 2.84. The molecule has 0 aliphatic carbocycles. The van der Waals surface area contributed by atoms with E-state index in [9.17, 15) is 9.59 Å². The molecular weight excluding hydrogens is 264 g/mol. The highest BCUT2D eigenvalue weighted by Crippen LogP contribution is 2.16. The van der Waals surface area contributed by atoms with Gasteiger partial charge in [0.25, 0.3) is 5.56 Å². The smallest absolute Gasteiger partial charge is 0.275 e. The maximum atomic E-state index is 11.8. The number of hydrogen-bond donors (Lipinski definition) is 0. The molecule has 0 unspecified atom stereocenters. The van der Waals surface area contributed by atoms with Crippen LogP contribution < -0.4 is 5.56 Å². The zero-order chi connectivity index (χ0) is 13.2.